The van der Waals surface area contributed by atoms with Gasteiger partial charge in [-0.2, -0.15) is 5.10 Å². The number of amides is 1. The minimum Gasteiger partial charge on any atom is -0.493 e. The van der Waals surface area contributed by atoms with Gasteiger partial charge in [-0.25, -0.2) is 14.3 Å². The number of benzene rings is 1. The second-order valence-electron chi connectivity index (χ2n) is 8.35. The predicted molar refractivity (Wildman–Crippen MR) is 127 cm³/mol. The summed E-state index contributed by atoms with van der Waals surface area (Å²) >= 11 is 3.71. The van der Waals surface area contributed by atoms with E-state index in [1.54, 1.807) is 16.5 Å². The van der Waals surface area contributed by atoms with Gasteiger partial charge in [0, 0.05) is 31.5 Å². The molecule has 0 bridgehead atoms. The molecule has 1 fully saturated rings. The van der Waals surface area contributed by atoms with Crippen molar-refractivity contribution in [1.29, 1.82) is 0 Å². The van der Waals surface area contributed by atoms with E-state index in [0.29, 0.717) is 24.6 Å². The van der Waals surface area contributed by atoms with Crippen molar-refractivity contribution in [3.8, 4) is 22.1 Å². The molecule has 3 aromatic rings. The van der Waals surface area contributed by atoms with Gasteiger partial charge in [-0.1, -0.05) is 11.3 Å². The van der Waals surface area contributed by atoms with Gasteiger partial charge in [0.1, 0.15) is 20.4 Å². The number of hydrogen-bond acceptors (Lipinski definition) is 7. The fraction of sp³-hybridized carbons (Fsp3) is 0.476. The predicted octanol–water partition coefficient (Wildman–Crippen LogP) is 4.85. The van der Waals surface area contributed by atoms with Crippen LogP contribution in [0.15, 0.2) is 24.4 Å². The quantitative estimate of drug-likeness (QED) is 0.428. The van der Waals surface area contributed by atoms with Crippen LogP contribution >= 0.6 is 33.9 Å². The fourth-order valence-corrected chi connectivity index (χ4v) is 4.88. The van der Waals surface area contributed by atoms with Crippen molar-refractivity contribution in [2.75, 3.05) is 20.2 Å². The highest BCUT2D eigenvalue weighted by Crippen LogP contribution is 2.35. The van der Waals surface area contributed by atoms with Crippen LogP contribution in [0.2, 0.25) is 0 Å². The number of aromatic nitrogens is 3. The fourth-order valence-electron chi connectivity index (χ4n) is 3.35. The molecule has 1 aromatic carbocycles. The molecule has 3 heterocycles. The van der Waals surface area contributed by atoms with Gasteiger partial charge in [-0.3, -0.25) is 0 Å². The Labute approximate surface area is 198 Å². The molecule has 0 atom stereocenters. The monoisotopic (exact) mass is 556 g/mol. The molecule has 1 aliphatic heterocycles. The lowest BCUT2D eigenvalue weighted by atomic mass is 10.1. The van der Waals surface area contributed by atoms with E-state index >= 15 is 0 Å². The summed E-state index contributed by atoms with van der Waals surface area (Å²) in [6, 6.07) is 5.84. The van der Waals surface area contributed by atoms with Crippen molar-refractivity contribution in [2.24, 2.45) is 0 Å². The third-order valence-electron chi connectivity index (χ3n) is 4.81. The number of nitrogens with zero attached hydrogens (tertiary/aromatic N) is 4. The molecule has 0 unspecified atom stereocenters. The highest BCUT2D eigenvalue weighted by Gasteiger charge is 2.28. The number of methoxy groups -OCH3 is 1. The maximum atomic E-state index is 12.2. The van der Waals surface area contributed by atoms with E-state index in [4.69, 9.17) is 14.2 Å². The smallest absolute Gasteiger partial charge is 0.410 e. The summed E-state index contributed by atoms with van der Waals surface area (Å²) in [5, 5.41) is 5.47. The largest absolute Gasteiger partial charge is 0.493 e. The molecule has 0 spiro atoms. The topological polar surface area (TPSA) is 78.2 Å². The van der Waals surface area contributed by atoms with E-state index in [9.17, 15) is 4.79 Å². The number of carbonyl (C=O) groups excluding carboxylic acids is 1. The first-order chi connectivity index (χ1) is 14.7. The van der Waals surface area contributed by atoms with Gasteiger partial charge in [0.2, 0.25) is 4.96 Å². The normalized spacial score (nSPS) is 15.3. The van der Waals surface area contributed by atoms with Crippen LogP contribution in [0.4, 0.5) is 4.79 Å². The SMILES string of the molecule is COc1cc(-c2nn3cc(I)nc3s2)ccc1OC1CCN(C(=O)OC(C)(C)C)CC1. The standard InChI is InChI=1S/C21H25IN4O4S/c1-21(2,3)30-20(27)25-9-7-14(8-10-25)29-15-6-5-13(11-16(15)28-4)18-24-26-12-17(22)23-19(26)31-18/h5-6,11-12,14H,7-10H2,1-4H3. The molecule has 0 radical (unpaired) electrons. The summed E-state index contributed by atoms with van der Waals surface area (Å²) in [5.41, 5.74) is 0.466. The molecule has 8 nitrogen and oxygen atoms in total. The molecule has 10 heteroatoms. The zero-order valence-corrected chi connectivity index (χ0v) is 20.9. The highest BCUT2D eigenvalue weighted by atomic mass is 127. The summed E-state index contributed by atoms with van der Waals surface area (Å²) < 4.78 is 20.0. The number of ether oxygens (including phenoxy) is 3. The molecular formula is C21H25IN4O4S. The number of hydrogen-bond donors (Lipinski definition) is 0. The van der Waals surface area contributed by atoms with E-state index in [1.165, 1.54) is 11.3 Å². The van der Waals surface area contributed by atoms with Crippen molar-refractivity contribution >= 4 is 45.0 Å². The van der Waals surface area contributed by atoms with E-state index < -0.39 is 5.60 Å². The lowest BCUT2D eigenvalue weighted by molar-refractivity contribution is 0.0124. The van der Waals surface area contributed by atoms with Crippen LogP contribution in [0.3, 0.4) is 0 Å². The number of rotatable bonds is 4. The molecule has 4 rings (SSSR count). The zero-order chi connectivity index (χ0) is 22.2. The van der Waals surface area contributed by atoms with Crippen molar-refractivity contribution < 1.29 is 19.0 Å². The molecule has 0 N–H and O–H groups in total. The first-order valence-electron chi connectivity index (χ1n) is 10.1. The van der Waals surface area contributed by atoms with Crippen molar-refractivity contribution in [1.82, 2.24) is 19.5 Å². The molecule has 1 aliphatic rings. The van der Waals surface area contributed by atoms with E-state index in [-0.39, 0.29) is 12.2 Å². The zero-order valence-electron chi connectivity index (χ0n) is 17.9. The summed E-state index contributed by atoms with van der Waals surface area (Å²) in [6.07, 6.45) is 3.13. The Morgan fingerprint density at radius 2 is 1.97 bits per heavy atom. The second-order valence-corrected chi connectivity index (χ2v) is 10.4. The minimum absolute atomic E-state index is 0.0173. The number of likely N-dealkylation sites (tertiary alicyclic amines) is 1. The number of piperidine rings is 1. The first-order valence-corrected chi connectivity index (χ1v) is 12.0. The van der Waals surface area contributed by atoms with Gasteiger partial charge >= 0.3 is 6.09 Å². The molecule has 1 saturated heterocycles. The van der Waals surface area contributed by atoms with Crippen LogP contribution in [0.25, 0.3) is 15.5 Å². The number of imidazole rings is 1. The lowest BCUT2D eigenvalue weighted by Crippen LogP contribution is -2.44. The maximum Gasteiger partial charge on any atom is 0.410 e. The molecule has 0 aliphatic carbocycles. The molecule has 2 aromatic heterocycles. The molecule has 1 amide bonds. The van der Waals surface area contributed by atoms with Crippen LogP contribution in [0, 0.1) is 3.70 Å². The Morgan fingerprint density at radius 1 is 1.23 bits per heavy atom. The van der Waals surface area contributed by atoms with Gasteiger partial charge < -0.3 is 19.1 Å². The van der Waals surface area contributed by atoms with Crippen LogP contribution in [-0.4, -0.2) is 57.5 Å². The van der Waals surface area contributed by atoms with Crippen molar-refractivity contribution in [3.63, 3.8) is 0 Å². The highest BCUT2D eigenvalue weighted by molar-refractivity contribution is 14.1. The van der Waals surface area contributed by atoms with Crippen LogP contribution in [0.5, 0.6) is 11.5 Å². The van der Waals surface area contributed by atoms with Gasteiger partial charge in [0.05, 0.1) is 13.3 Å². The third-order valence-corrected chi connectivity index (χ3v) is 6.30. The minimum atomic E-state index is -0.488. The summed E-state index contributed by atoms with van der Waals surface area (Å²) in [5.74, 6) is 1.35. The molecule has 31 heavy (non-hydrogen) atoms. The van der Waals surface area contributed by atoms with Gasteiger partial charge in [-0.05, 0) is 61.6 Å². The van der Waals surface area contributed by atoms with Crippen LogP contribution < -0.4 is 9.47 Å². The average Bonchev–Trinajstić information content (AvgIpc) is 3.25. The van der Waals surface area contributed by atoms with Gasteiger partial charge in [0.15, 0.2) is 11.5 Å². The van der Waals surface area contributed by atoms with E-state index in [0.717, 1.165) is 32.1 Å². The molecule has 0 saturated carbocycles. The first kappa shape index (κ1) is 22.1. The summed E-state index contributed by atoms with van der Waals surface area (Å²) in [7, 11) is 1.63. The van der Waals surface area contributed by atoms with Crippen LogP contribution in [-0.2, 0) is 4.74 Å². The Balaban J connectivity index is 1.41. The van der Waals surface area contributed by atoms with E-state index in [2.05, 4.69) is 32.7 Å². The molecular weight excluding hydrogens is 531 g/mol. The summed E-state index contributed by atoms with van der Waals surface area (Å²) in [4.78, 5) is 19.3. The van der Waals surface area contributed by atoms with Gasteiger partial charge in [-0.15, -0.1) is 0 Å². The number of halogens is 1. The Hall–Kier alpha value is -2.08. The number of fused-ring (bicyclic) bond motifs is 1. The van der Waals surface area contributed by atoms with Gasteiger partial charge in [0.25, 0.3) is 0 Å². The van der Waals surface area contributed by atoms with E-state index in [1.807, 2.05) is 45.2 Å². The Bertz CT molecular complexity index is 1050. The van der Waals surface area contributed by atoms with Crippen molar-refractivity contribution in [2.45, 2.75) is 45.3 Å². The Kier molecular flexibility index (Phi) is 6.29. The number of carbonyl (C=O) groups is 1. The lowest BCUT2D eigenvalue weighted by Gasteiger charge is -2.33. The Morgan fingerprint density at radius 3 is 2.61 bits per heavy atom. The second kappa shape index (κ2) is 8.81. The average molecular weight is 556 g/mol. The molecule has 166 valence electrons. The van der Waals surface area contributed by atoms with Crippen molar-refractivity contribution in [3.05, 3.63) is 28.1 Å². The van der Waals surface area contributed by atoms with Crippen LogP contribution in [0.1, 0.15) is 33.6 Å². The third kappa shape index (κ3) is 5.22. The summed E-state index contributed by atoms with van der Waals surface area (Å²) in [6.45, 7) is 6.85. The maximum absolute atomic E-state index is 12.2.